The molecule has 0 heterocycles. The van der Waals surface area contributed by atoms with Crippen molar-refractivity contribution in [2.75, 3.05) is 0 Å². The highest BCUT2D eigenvalue weighted by Crippen LogP contribution is 2.23. The van der Waals surface area contributed by atoms with E-state index in [2.05, 4.69) is 4.72 Å². The number of aryl methyl sites for hydroxylation is 1. The second-order valence-electron chi connectivity index (χ2n) is 4.80. The fourth-order valence-electron chi connectivity index (χ4n) is 1.61. The summed E-state index contributed by atoms with van der Waals surface area (Å²) in [7, 11) is -4.20. The van der Waals surface area contributed by atoms with Crippen LogP contribution in [0.2, 0.25) is 0 Å². The summed E-state index contributed by atoms with van der Waals surface area (Å²) in [5, 5.41) is 19.9. The number of hydrogen-bond acceptors (Lipinski definition) is 5. The van der Waals surface area contributed by atoms with Gasteiger partial charge in [-0.1, -0.05) is 13.0 Å². The molecule has 116 valence electrons. The Balaban J connectivity index is 3.35. The number of non-ortho nitro benzene ring substituents is 1. The molecule has 1 aromatic carbocycles. The van der Waals surface area contributed by atoms with Crippen LogP contribution in [0.5, 0.6) is 0 Å². The van der Waals surface area contributed by atoms with Crippen molar-refractivity contribution >= 4 is 21.7 Å². The van der Waals surface area contributed by atoms with Gasteiger partial charge in [-0.15, -0.1) is 0 Å². The number of carboxylic acid groups (broad SMARTS) is 1. The SMILES string of the molecule is CCC(C)(NS(=O)(=O)c1cc([N+](=O)[O-])ccc1C)C(=O)O. The zero-order chi connectivity index (χ0) is 16.4. The van der Waals surface area contributed by atoms with Crippen LogP contribution in [0.15, 0.2) is 23.1 Å². The zero-order valence-electron chi connectivity index (χ0n) is 11.8. The van der Waals surface area contributed by atoms with Crippen molar-refractivity contribution in [3.63, 3.8) is 0 Å². The van der Waals surface area contributed by atoms with E-state index in [1.54, 1.807) is 0 Å². The fraction of sp³-hybridized carbons (Fsp3) is 0.417. The molecule has 0 bridgehead atoms. The minimum Gasteiger partial charge on any atom is -0.480 e. The minimum atomic E-state index is -4.20. The molecule has 9 heteroatoms. The first kappa shape index (κ1) is 17.1. The molecule has 0 saturated heterocycles. The summed E-state index contributed by atoms with van der Waals surface area (Å²) < 4.78 is 26.7. The number of aliphatic carboxylic acids is 1. The first-order chi connectivity index (χ1) is 9.53. The molecule has 0 aromatic heterocycles. The van der Waals surface area contributed by atoms with Crippen molar-refractivity contribution in [1.82, 2.24) is 4.72 Å². The predicted molar refractivity (Wildman–Crippen MR) is 74.5 cm³/mol. The summed E-state index contributed by atoms with van der Waals surface area (Å²) >= 11 is 0. The second-order valence-corrected chi connectivity index (χ2v) is 6.45. The monoisotopic (exact) mass is 316 g/mol. The lowest BCUT2D eigenvalue weighted by Crippen LogP contribution is -2.51. The lowest BCUT2D eigenvalue weighted by Gasteiger charge is -2.24. The Labute approximate surface area is 122 Å². The molecule has 2 N–H and O–H groups in total. The lowest BCUT2D eigenvalue weighted by atomic mass is 10.0. The van der Waals surface area contributed by atoms with Gasteiger partial charge in [0.15, 0.2) is 0 Å². The molecular formula is C12H16N2O6S. The number of sulfonamides is 1. The molecule has 0 aliphatic carbocycles. The van der Waals surface area contributed by atoms with Crippen molar-refractivity contribution in [3.8, 4) is 0 Å². The van der Waals surface area contributed by atoms with Gasteiger partial charge in [-0.05, 0) is 25.8 Å². The lowest BCUT2D eigenvalue weighted by molar-refractivity contribution is -0.385. The smallest absolute Gasteiger partial charge is 0.324 e. The summed E-state index contributed by atoms with van der Waals surface area (Å²) in [6.45, 7) is 4.23. The second kappa shape index (κ2) is 5.78. The number of rotatable bonds is 6. The molecule has 21 heavy (non-hydrogen) atoms. The highest BCUT2D eigenvalue weighted by atomic mass is 32.2. The maximum Gasteiger partial charge on any atom is 0.324 e. The van der Waals surface area contributed by atoms with E-state index in [-0.39, 0.29) is 22.6 Å². The van der Waals surface area contributed by atoms with Gasteiger partial charge in [0.25, 0.3) is 5.69 Å². The Morgan fingerprint density at radius 2 is 2.05 bits per heavy atom. The third-order valence-electron chi connectivity index (χ3n) is 3.21. The molecule has 0 fully saturated rings. The van der Waals surface area contributed by atoms with Crippen LogP contribution in [-0.4, -0.2) is 30.0 Å². The van der Waals surface area contributed by atoms with Crippen molar-refractivity contribution in [3.05, 3.63) is 33.9 Å². The van der Waals surface area contributed by atoms with E-state index in [1.165, 1.54) is 32.9 Å². The Hall–Kier alpha value is -2.00. The molecular weight excluding hydrogens is 300 g/mol. The van der Waals surface area contributed by atoms with Crippen LogP contribution in [0.1, 0.15) is 25.8 Å². The molecule has 0 aliphatic heterocycles. The molecule has 0 spiro atoms. The number of nitro benzene ring substituents is 1. The van der Waals surface area contributed by atoms with Gasteiger partial charge in [0.05, 0.1) is 9.82 Å². The van der Waals surface area contributed by atoms with Gasteiger partial charge in [0.1, 0.15) is 5.54 Å². The third-order valence-corrected chi connectivity index (χ3v) is 4.95. The van der Waals surface area contributed by atoms with Crippen LogP contribution in [0.4, 0.5) is 5.69 Å². The molecule has 0 radical (unpaired) electrons. The first-order valence-electron chi connectivity index (χ1n) is 6.06. The van der Waals surface area contributed by atoms with Gasteiger partial charge in [-0.2, -0.15) is 4.72 Å². The molecule has 8 nitrogen and oxygen atoms in total. The zero-order valence-corrected chi connectivity index (χ0v) is 12.6. The van der Waals surface area contributed by atoms with Crippen molar-refractivity contribution < 1.29 is 23.2 Å². The van der Waals surface area contributed by atoms with Crippen LogP contribution >= 0.6 is 0 Å². The van der Waals surface area contributed by atoms with Gasteiger partial charge in [0, 0.05) is 12.1 Å². The number of benzene rings is 1. The summed E-state index contributed by atoms with van der Waals surface area (Å²) in [4.78, 5) is 20.9. The Morgan fingerprint density at radius 3 is 2.48 bits per heavy atom. The van der Waals surface area contributed by atoms with E-state index in [0.29, 0.717) is 0 Å². The summed E-state index contributed by atoms with van der Waals surface area (Å²) in [6.07, 6.45) is 0.0234. The number of hydrogen-bond donors (Lipinski definition) is 2. The molecule has 1 aromatic rings. The summed E-state index contributed by atoms with van der Waals surface area (Å²) in [6, 6.07) is 3.40. The molecule has 1 rings (SSSR count). The van der Waals surface area contributed by atoms with Crippen LogP contribution in [0.25, 0.3) is 0 Å². The summed E-state index contributed by atoms with van der Waals surface area (Å²) in [5.41, 5.74) is -1.78. The van der Waals surface area contributed by atoms with Crippen molar-refractivity contribution in [1.29, 1.82) is 0 Å². The van der Waals surface area contributed by atoms with E-state index in [4.69, 9.17) is 5.11 Å². The average Bonchev–Trinajstić information content (AvgIpc) is 2.37. The van der Waals surface area contributed by atoms with Gasteiger partial charge in [-0.25, -0.2) is 8.42 Å². The standard InChI is InChI=1S/C12H16N2O6S/c1-4-12(3,11(15)16)13-21(19,20)10-7-9(14(17)18)6-5-8(10)2/h5-7,13H,4H2,1-3H3,(H,15,16). The van der Waals surface area contributed by atoms with E-state index < -0.39 is 26.5 Å². The predicted octanol–water partition coefficient (Wildman–Crippen LogP) is 1.43. The average molecular weight is 316 g/mol. The van der Waals surface area contributed by atoms with Crippen LogP contribution in [0.3, 0.4) is 0 Å². The first-order valence-corrected chi connectivity index (χ1v) is 7.54. The largest absolute Gasteiger partial charge is 0.480 e. The quantitative estimate of drug-likeness (QED) is 0.604. The van der Waals surface area contributed by atoms with Gasteiger partial charge >= 0.3 is 5.97 Å². The normalized spacial score (nSPS) is 14.4. The molecule has 0 saturated carbocycles. The third kappa shape index (κ3) is 3.56. The van der Waals surface area contributed by atoms with Gasteiger partial charge in [-0.3, -0.25) is 14.9 Å². The maximum absolute atomic E-state index is 12.3. The van der Waals surface area contributed by atoms with Gasteiger partial charge < -0.3 is 5.11 Å². The Morgan fingerprint density at radius 1 is 1.48 bits per heavy atom. The molecule has 1 atom stereocenters. The van der Waals surface area contributed by atoms with E-state index in [0.717, 1.165) is 6.07 Å². The summed E-state index contributed by atoms with van der Waals surface area (Å²) in [5.74, 6) is -1.32. The number of nitrogens with zero attached hydrogens (tertiary/aromatic N) is 1. The molecule has 0 aliphatic rings. The molecule has 1 unspecified atom stereocenters. The van der Waals surface area contributed by atoms with E-state index in [9.17, 15) is 23.3 Å². The number of carboxylic acids is 1. The van der Waals surface area contributed by atoms with Crippen LogP contribution in [-0.2, 0) is 14.8 Å². The number of nitrogens with one attached hydrogen (secondary N) is 1. The van der Waals surface area contributed by atoms with Crippen molar-refractivity contribution in [2.24, 2.45) is 0 Å². The van der Waals surface area contributed by atoms with Crippen molar-refractivity contribution in [2.45, 2.75) is 37.6 Å². The van der Waals surface area contributed by atoms with Gasteiger partial charge in [0.2, 0.25) is 10.0 Å². The topological polar surface area (TPSA) is 127 Å². The highest BCUT2D eigenvalue weighted by Gasteiger charge is 2.37. The number of carbonyl (C=O) groups is 1. The Bertz CT molecular complexity index is 685. The maximum atomic E-state index is 12.3. The number of nitro groups is 1. The van der Waals surface area contributed by atoms with E-state index >= 15 is 0 Å². The Kier molecular flexibility index (Phi) is 4.69. The van der Waals surface area contributed by atoms with E-state index in [1.807, 2.05) is 0 Å². The minimum absolute atomic E-state index is 0.0234. The highest BCUT2D eigenvalue weighted by molar-refractivity contribution is 7.89. The van der Waals surface area contributed by atoms with Crippen LogP contribution in [0, 0.1) is 17.0 Å². The van der Waals surface area contributed by atoms with Crippen LogP contribution < -0.4 is 4.72 Å². The fourth-order valence-corrected chi connectivity index (χ4v) is 3.31. The molecule has 0 amide bonds.